The molecule has 2 aromatic carbocycles. The van der Waals surface area contributed by atoms with Crippen molar-refractivity contribution in [2.75, 3.05) is 19.2 Å². The lowest BCUT2D eigenvalue weighted by Gasteiger charge is -2.12. The van der Waals surface area contributed by atoms with Crippen molar-refractivity contribution in [1.82, 2.24) is 0 Å². The standard InChI is InChI=1S/C20H18N2O8/c1-12(20(24)21-14-4-6-15(27-2)7-5-14)30-19(23)8-3-13-9-17-18(29-11-28-17)10-16(13)22(25)26/h3-10,12H,11H2,1-2H3,(H,21,24)/b8-3+/t12-/m0/s1. The molecule has 1 aliphatic heterocycles. The first-order valence-electron chi connectivity index (χ1n) is 8.79. The van der Waals surface area contributed by atoms with Crippen LogP contribution in [0.15, 0.2) is 42.5 Å². The Morgan fingerprint density at radius 1 is 1.20 bits per heavy atom. The number of nitrogens with zero attached hydrogens (tertiary/aromatic N) is 1. The highest BCUT2D eigenvalue weighted by Crippen LogP contribution is 2.38. The van der Waals surface area contributed by atoms with E-state index in [0.29, 0.717) is 17.2 Å². The maximum atomic E-state index is 12.2. The molecule has 1 amide bonds. The Kier molecular flexibility index (Phi) is 6.16. The van der Waals surface area contributed by atoms with Gasteiger partial charge < -0.3 is 24.3 Å². The molecule has 1 aliphatic rings. The fourth-order valence-corrected chi connectivity index (χ4v) is 2.58. The number of hydrogen-bond acceptors (Lipinski definition) is 8. The van der Waals surface area contributed by atoms with E-state index in [0.717, 1.165) is 6.08 Å². The summed E-state index contributed by atoms with van der Waals surface area (Å²) in [7, 11) is 1.53. The van der Waals surface area contributed by atoms with Gasteiger partial charge in [-0.05, 0) is 43.3 Å². The molecule has 0 fully saturated rings. The summed E-state index contributed by atoms with van der Waals surface area (Å²) in [5.41, 5.74) is 0.389. The number of amides is 1. The number of ether oxygens (including phenoxy) is 4. The summed E-state index contributed by atoms with van der Waals surface area (Å²) in [6.45, 7) is 1.37. The third-order valence-electron chi connectivity index (χ3n) is 4.14. The Hall–Kier alpha value is -4.08. The molecule has 1 atom stereocenters. The van der Waals surface area contributed by atoms with Gasteiger partial charge in [0.1, 0.15) is 5.75 Å². The third-order valence-corrected chi connectivity index (χ3v) is 4.14. The van der Waals surface area contributed by atoms with Crippen LogP contribution in [-0.2, 0) is 14.3 Å². The molecule has 1 N–H and O–H groups in total. The van der Waals surface area contributed by atoms with E-state index >= 15 is 0 Å². The van der Waals surface area contributed by atoms with Crippen LogP contribution in [0.5, 0.6) is 17.2 Å². The maximum absolute atomic E-state index is 12.2. The highest BCUT2D eigenvalue weighted by Gasteiger charge is 2.22. The number of carbonyl (C=O) groups is 2. The SMILES string of the molecule is COc1ccc(NC(=O)[C@H](C)OC(=O)/C=C/c2cc3c(cc2[N+](=O)[O-])OCO3)cc1. The molecule has 0 unspecified atom stereocenters. The van der Waals surface area contributed by atoms with Crippen LogP contribution in [0.1, 0.15) is 12.5 Å². The van der Waals surface area contributed by atoms with Crippen molar-refractivity contribution < 1.29 is 33.5 Å². The quantitative estimate of drug-likeness (QED) is 0.317. The average molecular weight is 414 g/mol. The number of anilines is 1. The first kappa shape index (κ1) is 20.6. The smallest absolute Gasteiger partial charge is 0.331 e. The number of esters is 1. The van der Waals surface area contributed by atoms with Gasteiger partial charge in [-0.1, -0.05) is 0 Å². The summed E-state index contributed by atoms with van der Waals surface area (Å²) in [6, 6.07) is 9.25. The van der Waals surface area contributed by atoms with Gasteiger partial charge in [-0.15, -0.1) is 0 Å². The molecule has 0 saturated heterocycles. The molecule has 0 aromatic heterocycles. The number of nitro groups is 1. The largest absolute Gasteiger partial charge is 0.497 e. The molecule has 0 saturated carbocycles. The van der Waals surface area contributed by atoms with Gasteiger partial charge in [0.15, 0.2) is 17.6 Å². The first-order chi connectivity index (χ1) is 14.4. The molecule has 0 spiro atoms. The van der Waals surface area contributed by atoms with Crippen LogP contribution >= 0.6 is 0 Å². The predicted molar refractivity (Wildman–Crippen MR) is 105 cm³/mol. The molecule has 0 radical (unpaired) electrons. The fraction of sp³-hybridized carbons (Fsp3) is 0.200. The monoisotopic (exact) mass is 414 g/mol. The highest BCUT2D eigenvalue weighted by atomic mass is 16.7. The minimum atomic E-state index is -1.09. The third kappa shape index (κ3) is 4.85. The predicted octanol–water partition coefficient (Wildman–Crippen LogP) is 2.92. The van der Waals surface area contributed by atoms with E-state index in [1.165, 1.54) is 32.2 Å². The van der Waals surface area contributed by atoms with Crippen molar-refractivity contribution in [3.8, 4) is 17.2 Å². The molecule has 0 bridgehead atoms. The Morgan fingerprint density at radius 2 is 1.87 bits per heavy atom. The lowest BCUT2D eigenvalue weighted by Crippen LogP contribution is -2.29. The highest BCUT2D eigenvalue weighted by molar-refractivity contribution is 5.96. The molecular formula is C20H18N2O8. The minimum Gasteiger partial charge on any atom is -0.497 e. The van der Waals surface area contributed by atoms with E-state index in [1.54, 1.807) is 24.3 Å². The van der Waals surface area contributed by atoms with Crippen LogP contribution in [0, 0.1) is 10.1 Å². The molecule has 3 rings (SSSR count). The molecule has 2 aromatic rings. The van der Waals surface area contributed by atoms with E-state index in [1.807, 2.05) is 0 Å². The molecule has 0 aliphatic carbocycles. The lowest BCUT2D eigenvalue weighted by atomic mass is 10.1. The number of methoxy groups -OCH3 is 1. The van der Waals surface area contributed by atoms with Gasteiger partial charge in [0.2, 0.25) is 6.79 Å². The zero-order chi connectivity index (χ0) is 21.7. The van der Waals surface area contributed by atoms with Gasteiger partial charge in [0, 0.05) is 11.8 Å². The fourth-order valence-electron chi connectivity index (χ4n) is 2.58. The van der Waals surface area contributed by atoms with Gasteiger partial charge in [-0.2, -0.15) is 0 Å². The number of carbonyl (C=O) groups excluding carboxylic acids is 2. The second-order valence-corrected chi connectivity index (χ2v) is 6.15. The number of rotatable bonds is 7. The van der Waals surface area contributed by atoms with Crippen molar-refractivity contribution in [3.05, 3.63) is 58.2 Å². The lowest BCUT2D eigenvalue weighted by molar-refractivity contribution is -0.385. The topological polar surface area (TPSA) is 126 Å². The Labute approximate surface area is 171 Å². The van der Waals surface area contributed by atoms with E-state index in [4.69, 9.17) is 18.9 Å². The molecule has 10 heteroatoms. The minimum absolute atomic E-state index is 0.0392. The number of hydrogen-bond donors (Lipinski definition) is 1. The Balaban J connectivity index is 1.62. The summed E-state index contributed by atoms with van der Waals surface area (Å²) in [5.74, 6) is -0.142. The van der Waals surface area contributed by atoms with Gasteiger partial charge in [0.25, 0.3) is 11.6 Å². The second kappa shape index (κ2) is 8.95. The van der Waals surface area contributed by atoms with E-state index < -0.39 is 22.9 Å². The van der Waals surface area contributed by atoms with Crippen molar-refractivity contribution >= 4 is 29.3 Å². The van der Waals surface area contributed by atoms with Gasteiger partial charge in [-0.25, -0.2) is 4.79 Å². The zero-order valence-electron chi connectivity index (χ0n) is 16.1. The van der Waals surface area contributed by atoms with Crippen molar-refractivity contribution in [1.29, 1.82) is 0 Å². The van der Waals surface area contributed by atoms with Crippen LogP contribution in [-0.4, -0.2) is 36.8 Å². The Morgan fingerprint density at radius 3 is 2.50 bits per heavy atom. The summed E-state index contributed by atoms with van der Waals surface area (Å²) in [5, 5.41) is 13.9. The van der Waals surface area contributed by atoms with Crippen molar-refractivity contribution in [3.63, 3.8) is 0 Å². The number of benzene rings is 2. The number of nitrogens with one attached hydrogen (secondary N) is 1. The van der Waals surface area contributed by atoms with Gasteiger partial charge in [0.05, 0.1) is 23.7 Å². The summed E-state index contributed by atoms with van der Waals surface area (Å²) in [4.78, 5) is 34.9. The zero-order valence-corrected chi connectivity index (χ0v) is 16.1. The molecular weight excluding hydrogens is 396 g/mol. The maximum Gasteiger partial charge on any atom is 0.331 e. The molecule has 1 heterocycles. The van der Waals surface area contributed by atoms with Crippen LogP contribution < -0.4 is 19.5 Å². The normalized spacial score (nSPS) is 13.0. The van der Waals surface area contributed by atoms with Crippen LogP contribution in [0.4, 0.5) is 11.4 Å². The molecule has 156 valence electrons. The van der Waals surface area contributed by atoms with E-state index in [9.17, 15) is 19.7 Å². The average Bonchev–Trinajstić information content (AvgIpc) is 3.19. The Bertz CT molecular complexity index is 1000. The van der Waals surface area contributed by atoms with Crippen LogP contribution in [0.25, 0.3) is 6.08 Å². The van der Waals surface area contributed by atoms with Crippen LogP contribution in [0.3, 0.4) is 0 Å². The van der Waals surface area contributed by atoms with Crippen molar-refractivity contribution in [2.45, 2.75) is 13.0 Å². The molecule has 30 heavy (non-hydrogen) atoms. The van der Waals surface area contributed by atoms with Gasteiger partial charge >= 0.3 is 5.97 Å². The molecule has 10 nitrogen and oxygen atoms in total. The first-order valence-corrected chi connectivity index (χ1v) is 8.79. The second-order valence-electron chi connectivity index (χ2n) is 6.15. The van der Waals surface area contributed by atoms with Crippen LogP contribution in [0.2, 0.25) is 0 Å². The van der Waals surface area contributed by atoms with Gasteiger partial charge in [-0.3, -0.25) is 14.9 Å². The number of nitro benzene ring substituents is 1. The van der Waals surface area contributed by atoms with E-state index in [-0.39, 0.29) is 23.8 Å². The summed E-state index contributed by atoms with van der Waals surface area (Å²) >= 11 is 0. The van der Waals surface area contributed by atoms with E-state index in [2.05, 4.69) is 5.32 Å². The summed E-state index contributed by atoms with van der Waals surface area (Å²) < 4.78 is 20.4. The van der Waals surface area contributed by atoms with Crippen molar-refractivity contribution in [2.24, 2.45) is 0 Å². The number of fused-ring (bicyclic) bond motifs is 1. The summed E-state index contributed by atoms with van der Waals surface area (Å²) in [6.07, 6.45) is 1.13.